The molecule has 0 atom stereocenters. The molecule has 0 radical (unpaired) electrons. The number of hydrogen-bond acceptors (Lipinski definition) is 5. The van der Waals surface area contributed by atoms with E-state index in [0.29, 0.717) is 17.9 Å². The average Bonchev–Trinajstić information content (AvgIpc) is 2.70. The fraction of sp³-hybridized carbons (Fsp3) is 0.150. The Morgan fingerprint density at radius 1 is 1.19 bits per heavy atom. The van der Waals surface area contributed by atoms with Crippen molar-refractivity contribution in [1.82, 2.24) is 9.78 Å². The SMILES string of the molecule is COC(=O)c1ccccc1-n1ncc(NCc2ccc(C)cc2)c(Cl)c1=O. The molecule has 1 heterocycles. The predicted octanol–water partition coefficient (Wildman–Crippen LogP) is 3.59. The number of esters is 1. The van der Waals surface area contributed by atoms with Gasteiger partial charge in [-0.1, -0.05) is 53.6 Å². The summed E-state index contributed by atoms with van der Waals surface area (Å²) in [4.78, 5) is 24.6. The van der Waals surface area contributed by atoms with E-state index in [2.05, 4.69) is 10.4 Å². The fourth-order valence-corrected chi connectivity index (χ4v) is 2.77. The Labute approximate surface area is 161 Å². The average molecular weight is 384 g/mol. The van der Waals surface area contributed by atoms with E-state index >= 15 is 0 Å². The third-order valence-corrected chi connectivity index (χ3v) is 4.43. The van der Waals surface area contributed by atoms with E-state index in [1.165, 1.54) is 18.9 Å². The summed E-state index contributed by atoms with van der Waals surface area (Å²) in [5, 5.41) is 7.28. The van der Waals surface area contributed by atoms with Crippen molar-refractivity contribution in [2.45, 2.75) is 13.5 Å². The summed E-state index contributed by atoms with van der Waals surface area (Å²) < 4.78 is 5.85. The van der Waals surface area contributed by atoms with Crippen molar-refractivity contribution in [2.24, 2.45) is 0 Å². The molecule has 3 aromatic rings. The number of nitrogens with one attached hydrogen (secondary N) is 1. The molecule has 7 heteroatoms. The highest BCUT2D eigenvalue weighted by molar-refractivity contribution is 6.32. The van der Waals surface area contributed by atoms with Gasteiger partial charge in [-0.3, -0.25) is 4.79 Å². The number of halogens is 1. The molecule has 0 aliphatic carbocycles. The van der Waals surface area contributed by atoms with Gasteiger partial charge in [-0.05, 0) is 24.6 Å². The van der Waals surface area contributed by atoms with Crippen molar-refractivity contribution >= 4 is 23.3 Å². The maximum absolute atomic E-state index is 12.7. The summed E-state index contributed by atoms with van der Waals surface area (Å²) in [5.74, 6) is -0.558. The van der Waals surface area contributed by atoms with Crippen LogP contribution in [0, 0.1) is 6.92 Å². The van der Waals surface area contributed by atoms with Crippen LogP contribution in [0.1, 0.15) is 21.5 Å². The van der Waals surface area contributed by atoms with Crippen molar-refractivity contribution in [3.63, 3.8) is 0 Å². The summed E-state index contributed by atoms with van der Waals surface area (Å²) in [7, 11) is 1.28. The zero-order valence-electron chi connectivity index (χ0n) is 14.9. The first-order chi connectivity index (χ1) is 13.0. The van der Waals surface area contributed by atoms with Crippen LogP contribution in [-0.4, -0.2) is 22.9 Å². The molecular weight excluding hydrogens is 366 g/mol. The van der Waals surface area contributed by atoms with Crippen molar-refractivity contribution in [1.29, 1.82) is 0 Å². The lowest BCUT2D eigenvalue weighted by atomic mass is 10.1. The number of aromatic nitrogens is 2. The molecule has 0 spiro atoms. The lowest BCUT2D eigenvalue weighted by Gasteiger charge is -2.12. The maximum Gasteiger partial charge on any atom is 0.340 e. The maximum atomic E-state index is 12.7. The number of ether oxygens (including phenoxy) is 1. The molecule has 1 aromatic heterocycles. The van der Waals surface area contributed by atoms with E-state index in [0.717, 1.165) is 10.2 Å². The lowest BCUT2D eigenvalue weighted by molar-refractivity contribution is 0.0600. The van der Waals surface area contributed by atoms with Gasteiger partial charge in [0.25, 0.3) is 5.56 Å². The van der Waals surface area contributed by atoms with Crippen molar-refractivity contribution in [3.8, 4) is 5.69 Å². The van der Waals surface area contributed by atoms with Crippen LogP contribution in [0.15, 0.2) is 59.5 Å². The number of hydrogen-bond donors (Lipinski definition) is 1. The Kier molecular flexibility index (Phi) is 5.57. The minimum atomic E-state index is -0.558. The molecule has 6 nitrogen and oxygen atoms in total. The Morgan fingerprint density at radius 3 is 2.59 bits per heavy atom. The first kappa shape index (κ1) is 18.7. The van der Waals surface area contributed by atoms with Gasteiger partial charge in [0.1, 0.15) is 5.02 Å². The number of anilines is 1. The van der Waals surface area contributed by atoms with Gasteiger partial charge in [-0.15, -0.1) is 0 Å². The molecule has 0 amide bonds. The fourth-order valence-electron chi connectivity index (χ4n) is 2.57. The van der Waals surface area contributed by atoms with Crippen molar-refractivity contribution in [2.75, 3.05) is 12.4 Å². The number of rotatable bonds is 5. The summed E-state index contributed by atoms with van der Waals surface area (Å²) in [6.07, 6.45) is 1.46. The monoisotopic (exact) mass is 383 g/mol. The number of benzene rings is 2. The van der Waals surface area contributed by atoms with Gasteiger partial charge in [-0.2, -0.15) is 9.78 Å². The Bertz CT molecular complexity index is 1030. The molecule has 0 aliphatic heterocycles. The molecule has 0 aliphatic rings. The first-order valence-electron chi connectivity index (χ1n) is 8.26. The zero-order chi connectivity index (χ0) is 19.4. The zero-order valence-corrected chi connectivity index (χ0v) is 15.7. The number of para-hydroxylation sites is 1. The second-order valence-corrected chi connectivity index (χ2v) is 6.32. The van der Waals surface area contributed by atoms with E-state index in [-0.39, 0.29) is 10.6 Å². The smallest absolute Gasteiger partial charge is 0.340 e. The molecule has 27 heavy (non-hydrogen) atoms. The van der Waals surface area contributed by atoms with Crippen LogP contribution in [-0.2, 0) is 11.3 Å². The van der Waals surface area contributed by atoms with Crippen LogP contribution in [0.5, 0.6) is 0 Å². The molecule has 0 fully saturated rings. The number of methoxy groups -OCH3 is 1. The standard InChI is InChI=1S/C20H18ClN3O3/c1-13-7-9-14(10-8-13)11-22-16-12-23-24(19(25)18(16)21)17-6-4-3-5-15(17)20(26)27-2/h3-10,12,22H,11H2,1-2H3. The van der Waals surface area contributed by atoms with Gasteiger partial charge in [0.05, 0.1) is 30.2 Å². The quantitative estimate of drug-likeness (QED) is 0.681. The summed E-state index contributed by atoms with van der Waals surface area (Å²) >= 11 is 6.25. The molecule has 138 valence electrons. The van der Waals surface area contributed by atoms with Gasteiger partial charge in [-0.25, -0.2) is 4.79 Å². The highest BCUT2D eigenvalue weighted by Crippen LogP contribution is 2.19. The largest absolute Gasteiger partial charge is 0.465 e. The van der Waals surface area contributed by atoms with E-state index in [1.54, 1.807) is 24.3 Å². The van der Waals surface area contributed by atoms with Gasteiger partial charge in [0.2, 0.25) is 0 Å². The van der Waals surface area contributed by atoms with Gasteiger partial charge >= 0.3 is 5.97 Å². The topological polar surface area (TPSA) is 73.2 Å². The summed E-state index contributed by atoms with van der Waals surface area (Å²) in [6.45, 7) is 2.52. The van der Waals surface area contributed by atoms with Crippen LogP contribution >= 0.6 is 11.6 Å². The molecule has 0 saturated heterocycles. The summed E-state index contributed by atoms with van der Waals surface area (Å²) in [6, 6.07) is 14.6. The van der Waals surface area contributed by atoms with E-state index in [9.17, 15) is 9.59 Å². The molecule has 3 rings (SSSR count). The third kappa shape index (κ3) is 4.01. The second-order valence-electron chi connectivity index (χ2n) is 5.94. The van der Waals surface area contributed by atoms with Gasteiger partial charge < -0.3 is 10.1 Å². The minimum Gasteiger partial charge on any atom is -0.465 e. The van der Waals surface area contributed by atoms with E-state index in [1.807, 2.05) is 31.2 Å². The molecular formula is C20H18ClN3O3. The Morgan fingerprint density at radius 2 is 1.89 bits per heavy atom. The number of carbonyl (C=O) groups is 1. The van der Waals surface area contributed by atoms with E-state index in [4.69, 9.17) is 16.3 Å². The Balaban J connectivity index is 1.91. The van der Waals surface area contributed by atoms with Crippen LogP contribution in [0.4, 0.5) is 5.69 Å². The third-order valence-electron chi connectivity index (χ3n) is 4.06. The van der Waals surface area contributed by atoms with Crippen LogP contribution in [0.3, 0.4) is 0 Å². The highest BCUT2D eigenvalue weighted by Gasteiger charge is 2.17. The van der Waals surface area contributed by atoms with Crippen molar-refractivity contribution < 1.29 is 9.53 Å². The lowest BCUT2D eigenvalue weighted by Crippen LogP contribution is -2.24. The van der Waals surface area contributed by atoms with Crippen LogP contribution < -0.4 is 10.9 Å². The van der Waals surface area contributed by atoms with Crippen molar-refractivity contribution in [3.05, 3.63) is 86.8 Å². The predicted molar refractivity (Wildman–Crippen MR) is 105 cm³/mol. The molecule has 0 bridgehead atoms. The minimum absolute atomic E-state index is 0.00298. The van der Waals surface area contributed by atoms with Crippen LogP contribution in [0.2, 0.25) is 5.02 Å². The number of carbonyl (C=O) groups excluding carboxylic acids is 1. The molecule has 1 N–H and O–H groups in total. The number of aryl methyl sites for hydroxylation is 1. The number of nitrogens with zero attached hydrogens (tertiary/aromatic N) is 2. The molecule has 0 unspecified atom stereocenters. The molecule has 0 saturated carbocycles. The Hall–Kier alpha value is -3.12. The van der Waals surface area contributed by atoms with Gasteiger partial charge in [0, 0.05) is 6.54 Å². The second kappa shape index (κ2) is 8.05. The summed E-state index contributed by atoms with van der Waals surface area (Å²) in [5.41, 5.74) is 2.66. The van der Waals surface area contributed by atoms with Gasteiger partial charge in [0.15, 0.2) is 0 Å². The van der Waals surface area contributed by atoms with E-state index < -0.39 is 11.5 Å². The first-order valence-corrected chi connectivity index (χ1v) is 8.64. The van der Waals surface area contributed by atoms with Crippen LogP contribution in [0.25, 0.3) is 5.69 Å². The molecule has 2 aromatic carbocycles. The highest BCUT2D eigenvalue weighted by atomic mass is 35.5. The normalized spacial score (nSPS) is 10.5.